The fraction of sp³-hybridized carbons (Fsp3) is 0.429. The maximum absolute atomic E-state index is 4.23. The highest BCUT2D eigenvalue weighted by Gasteiger charge is 2.13. The van der Waals surface area contributed by atoms with E-state index in [1.807, 2.05) is 10.9 Å². The van der Waals surface area contributed by atoms with Crippen LogP contribution in [0.1, 0.15) is 12.1 Å². The molecule has 1 aromatic carbocycles. The molecule has 1 fully saturated rings. The van der Waals surface area contributed by atoms with Gasteiger partial charge in [-0.2, -0.15) is 0 Å². The van der Waals surface area contributed by atoms with Gasteiger partial charge >= 0.3 is 0 Å². The number of aromatic nitrogens is 3. The van der Waals surface area contributed by atoms with E-state index in [-0.39, 0.29) is 0 Å². The smallest absolute Gasteiger partial charge is 0.0786 e. The molecule has 1 saturated heterocycles. The van der Waals surface area contributed by atoms with Gasteiger partial charge in [-0.15, -0.1) is 5.10 Å². The van der Waals surface area contributed by atoms with Crippen LogP contribution in [-0.4, -0.2) is 46.1 Å². The summed E-state index contributed by atoms with van der Waals surface area (Å²) in [4.78, 5) is 2.46. The molecule has 6 heteroatoms. The van der Waals surface area contributed by atoms with Gasteiger partial charge in [0.15, 0.2) is 0 Å². The lowest BCUT2D eigenvalue weighted by molar-refractivity contribution is 0.278. The average Bonchev–Trinajstić information content (AvgIpc) is 2.75. The van der Waals surface area contributed by atoms with E-state index in [0.29, 0.717) is 0 Å². The van der Waals surface area contributed by atoms with Crippen LogP contribution in [0.25, 0.3) is 5.69 Å². The Hall–Kier alpha value is -0.990. The second-order valence-corrected chi connectivity index (χ2v) is 6.24. The van der Waals surface area contributed by atoms with Gasteiger partial charge in [0.1, 0.15) is 0 Å². The summed E-state index contributed by atoms with van der Waals surface area (Å²) in [6.45, 7) is 5.29. The van der Waals surface area contributed by atoms with Gasteiger partial charge in [0.2, 0.25) is 0 Å². The van der Waals surface area contributed by atoms with Gasteiger partial charge in [-0.25, -0.2) is 4.68 Å². The van der Waals surface area contributed by atoms with Crippen molar-refractivity contribution in [2.45, 2.75) is 13.0 Å². The third kappa shape index (κ3) is 3.36. The molecule has 1 aromatic heterocycles. The molecular weight excluding hydrogens is 365 g/mol. The van der Waals surface area contributed by atoms with E-state index in [4.69, 9.17) is 0 Å². The summed E-state index contributed by atoms with van der Waals surface area (Å²) >= 11 is 2.31. The maximum atomic E-state index is 4.23. The summed E-state index contributed by atoms with van der Waals surface area (Å²) in [5.41, 5.74) is 2.22. The Balaban J connectivity index is 1.77. The molecule has 0 amide bonds. The van der Waals surface area contributed by atoms with Crippen LogP contribution in [0.4, 0.5) is 0 Å². The third-order valence-corrected chi connectivity index (χ3v) is 4.23. The number of hydrogen-bond acceptors (Lipinski definition) is 4. The molecule has 0 bridgehead atoms. The number of halogens is 1. The standard InChI is InChI=1S/C14H18IN5/c15-12-2-4-13(5-3-12)20-14(10-17-18-20)11-19-8-1-6-16-7-9-19/h2-5,10,16H,1,6-9,11H2. The molecule has 5 nitrogen and oxygen atoms in total. The van der Waals surface area contributed by atoms with Crippen LogP contribution in [0.3, 0.4) is 0 Å². The molecule has 0 aliphatic carbocycles. The van der Waals surface area contributed by atoms with Crippen LogP contribution in [0.2, 0.25) is 0 Å². The molecule has 1 aliphatic rings. The molecule has 1 N–H and O–H groups in total. The molecule has 0 unspecified atom stereocenters. The van der Waals surface area contributed by atoms with Crippen molar-refractivity contribution in [2.75, 3.05) is 26.2 Å². The minimum absolute atomic E-state index is 0.903. The number of nitrogens with zero attached hydrogens (tertiary/aromatic N) is 4. The lowest BCUT2D eigenvalue weighted by Crippen LogP contribution is -2.28. The molecule has 0 radical (unpaired) electrons. The van der Waals surface area contributed by atoms with Crippen LogP contribution in [0.15, 0.2) is 30.5 Å². The minimum atomic E-state index is 0.903. The van der Waals surface area contributed by atoms with Crippen LogP contribution >= 0.6 is 22.6 Å². The van der Waals surface area contributed by atoms with Gasteiger partial charge in [0.05, 0.1) is 17.6 Å². The quantitative estimate of drug-likeness (QED) is 0.820. The van der Waals surface area contributed by atoms with E-state index in [9.17, 15) is 0 Å². The van der Waals surface area contributed by atoms with Crippen molar-refractivity contribution >= 4 is 22.6 Å². The Labute approximate surface area is 132 Å². The zero-order valence-corrected chi connectivity index (χ0v) is 13.5. The van der Waals surface area contributed by atoms with E-state index < -0.39 is 0 Å². The molecule has 0 atom stereocenters. The summed E-state index contributed by atoms with van der Waals surface area (Å²) in [6.07, 6.45) is 3.07. The van der Waals surface area contributed by atoms with Crippen LogP contribution in [0, 0.1) is 3.57 Å². The van der Waals surface area contributed by atoms with Crippen LogP contribution in [-0.2, 0) is 6.54 Å². The van der Waals surface area contributed by atoms with E-state index >= 15 is 0 Å². The van der Waals surface area contributed by atoms with Crippen molar-refractivity contribution in [3.63, 3.8) is 0 Å². The van der Waals surface area contributed by atoms with E-state index in [1.54, 1.807) is 0 Å². The Morgan fingerprint density at radius 3 is 2.85 bits per heavy atom. The van der Waals surface area contributed by atoms with Crippen molar-refractivity contribution in [3.8, 4) is 5.69 Å². The molecule has 20 heavy (non-hydrogen) atoms. The highest BCUT2D eigenvalue weighted by molar-refractivity contribution is 14.1. The second-order valence-electron chi connectivity index (χ2n) is 4.99. The fourth-order valence-corrected chi connectivity index (χ4v) is 2.81. The zero-order valence-electron chi connectivity index (χ0n) is 11.3. The first-order chi connectivity index (χ1) is 9.83. The molecule has 106 valence electrons. The third-order valence-electron chi connectivity index (χ3n) is 3.51. The highest BCUT2D eigenvalue weighted by atomic mass is 127. The molecule has 2 aromatic rings. The van der Waals surface area contributed by atoms with Crippen LogP contribution in [0.5, 0.6) is 0 Å². The van der Waals surface area contributed by atoms with Gasteiger partial charge in [0.25, 0.3) is 0 Å². The van der Waals surface area contributed by atoms with E-state index in [0.717, 1.165) is 44.1 Å². The summed E-state index contributed by atoms with van der Waals surface area (Å²) in [5, 5.41) is 11.7. The van der Waals surface area contributed by atoms with Crippen molar-refractivity contribution < 1.29 is 0 Å². The lowest BCUT2D eigenvalue weighted by atomic mass is 10.3. The predicted octanol–water partition coefficient (Wildman–Crippen LogP) is 1.67. The molecule has 2 heterocycles. The lowest BCUT2D eigenvalue weighted by Gasteiger charge is -2.19. The normalized spacial score (nSPS) is 17.1. The van der Waals surface area contributed by atoms with Crippen molar-refractivity contribution in [1.29, 1.82) is 0 Å². The molecule has 0 spiro atoms. The van der Waals surface area contributed by atoms with Gasteiger partial charge in [-0.05, 0) is 66.4 Å². The molecule has 3 rings (SSSR count). The highest BCUT2D eigenvalue weighted by Crippen LogP contribution is 2.14. The predicted molar refractivity (Wildman–Crippen MR) is 86.8 cm³/mol. The first-order valence-electron chi connectivity index (χ1n) is 6.91. The number of hydrogen-bond donors (Lipinski definition) is 1. The molecule has 0 saturated carbocycles. The Morgan fingerprint density at radius 2 is 2.00 bits per heavy atom. The first-order valence-corrected chi connectivity index (χ1v) is 7.99. The SMILES string of the molecule is Ic1ccc(-n2nncc2CN2CCCNCC2)cc1. The van der Waals surface area contributed by atoms with Gasteiger partial charge in [0, 0.05) is 23.2 Å². The average molecular weight is 383 g/mol. The topological polar surface area (TPSA) is 46.0 Å². The minimum Gasteiger partial charge on any atom is -0.315 e. The summed E-state index contributed by atoms with van der Waals surface area (Å²) in [6, 6.07) is 8.36. The molecule has 1 aliphatic heterocycles. The molecular formula is C14H18IN5. The van der Waals surface area contributed by atoms with Crippen molar-refractivity contribution in [1.82, 2.24) is 25.2 Å². The largest absolute Gasteiger partial charge is 0.315 e. The van der Waals surface area contributed by atoms with Gasteiger partial charge in [-0.1, -0.05) is 5.21 Å². The Bertz CT molecular complexity index is 543. The van der Waals surface area contributed by atoms with E-state index in [1.165, 1.54) is 9.99 Å². The van der Waals surface area contributed by atoms with Gasteiger partial charge < -0.3 is 5.32 Å². The number of benzene rings is 1. The maximum Gasteiger partial charge on any atom is 0.0786 e. The Kier molecular flexibility index (Phi) is 4.64. The second kappa shape index (κ2) is 6.64. The summed E-state index contributed by atoms with van der Waals surface area (Å²) < 4.78 is 3.17. The number of nitrogens with one attached hydrogen (secondary N) is 1. The van der Waals surface area contributed by atoms with Crippen molar-refractivity contribution in [3.05, 3.63) is 39.7 Å². The number of rotatable bonds is 3. The van der Waals surface area contributed by atoms with Crippen LogP contribution < -0.4 is 5.32 Å². The van der Waals surface area contributed by atoms with Crippen molar-refractivity contribution in [2.24, 2.45) is 0 Å². The van der Waals surface area contributed by atoms with E-state index in [2.05, 4.69) is 67.4 Å². The Morgan fingerprint density at radius 1 is 1.15 bits per heavy atom. The summed E-state index contributed by atoms with van der Waals surface area (Å²) in [7, 11) is 0. The zero-order chi connectivity index (χ0) is 13.8. The van der Waals surface area contributed by atoms with Gasteiger partial charge in [-0.3, -0.25) is 4.90 Å². The monoisotopic (exact) mass is 383 g/mol. The fourth-order valence-electron chi connectivity index (χ4n) is 2.45. The first kappa shape index (κ1) is 14.0. The summed E-state index contributed by atoms with van der Waals surface area (Å²) in [5.74, 6) is 0.